The standard InChI is InChI=1S/C26H27N7O2.C22H22N6O.C2HF3O2/c27-14-4-9-22(34)32-15-5-6-19(16-32)33-26-23(25(28)29-17-30-26)24(31-33)18-10-12-21(13-11-18)35-20-7-2-1-3-8-20;23-21-19-20(15-8-10-18(11-9-15)29-17-6-2-1-3-7-17)27-28(22(19)26-14-25-21)16-5-4-12-24-13-16;3-2(4,5)1(6)7/h1-4,7-13,17,19H,5-6,14-16,27H2,(H2,28,29,30);1-3,6-11,14,16,24H,4-5,12-13H2,(H2,23,25,26);(H,6,7)/b9-4+;;/t19-;16-;/m11./s1. The number of nitrogens with one attached hydrogen (secondary N) is 1. The zero-order valence-corrected chi connectivity index (χ0v) is 38.2. The van der Waals surface area contributed by atoms with Crippen molar-refractivity contribution in [3.63, 3.8) is 0 Å². The van der Waals surface area contributed by atoms with Crippen LogP contribution in [0.2, 0.25) is 0 Å². The summed E-state index contributed by atoms with van der Waals surface area (Å²) in [6.07, 6.45) is 5.02. The molecule has 2 saturated heterocycles. The molecule has 4 aromatic carbocycles. The maximum atomic E-state index is 12.5. The number of hydrogen-bond donors (Lipinski definition) is 5. The number of carboxylic acid groups (broad SMARTS) is 1. The van der Waals surface area contributed by atoms with Crippen molar-refractivity contribution in [3.8, 4) is 45.5 Å². The van der Waals surface area contributed by atoms with E-state index < -0.39 is 12.1 Å². The average Bonchev–Trinajstić information content (AvgIpc) is 3.99. The number of carbonyl (C=O) groups is 2. The maximum Gasteiger partial charge on any atom is 0.490 e. The Hall–Kier alpha value is -8.43. The number of anilines is 2. The minimum atomic E-state index is -5.08. The number of nitrogens with two attached hydrogens (primary N) is 3. The molecule has 21 heteroatoms. The van der Waals surface area contributed by atoms with Crippen LogP contribution in [0.5, 0.6) is 23.0 Å². The lowest BCUT2D eigenvalue weighted by Gasteiger charge is -2.32. The number of fused-ring (bicyclic) bond motifs is 2. The maximum absolute atomic E-state index is 12.5. The third-order valence-electron chi connectivity index (χ3n) is 11.6. The van der Waals surface area contributed by atoms with Gasteiger partial charge in [-0.05, 0) is 105 Å². The predicted molar refractivity (Wildman–Crippen MR) is 261 cm³/mol. The van der Waals surface area contributed by atoms with Crippen LogP contribution in [0.3, 0.4) is 0 Å². The monoisotopic (exact) mass is 969 g/mol. The number of aromatic nitrogens is 8. The summed E-state index contributed by atoms with van der Waals surface area (Å²) in [6.45, 7) is 3.50. The van der Waals surface area contributed by atoms with Gasteiger partial charge in [-0.3, -0.25) is 4.79 Å². The molecule has 71 heavy (non-hydrogen) atoms. The second kappa shape index (κ2) is 22.3. The first-order chi connectivity index (χ1) is 34.4. The number of rotatable bonds is 10. The van der Waals surface area contributed by atoms with Crippen LogP contribution in [0.4, 0.5) is 24.8 Å². The van der Waals surface area contributed by atoms with Gasteiger partial charge in [-0.1, -0.05) is 42.5 Å². The summed E-state index contributed by atoms with van der Waals surface area (Å²) in [7, 11) is 0. The molecule has 10 rings (SSSR count). The number of benzene rings is 4. The third-order valence-corrected chi connectivity index (χ3v) is 11.6. The van der Waals surface area contributed by atoms with Gasteiger partial charge < -0.3 is 42.0 Å². The van der Waals surface area contributed by atoms with E-state index in [-0.39, 0.29) is 18.0 Å². The Morgan fingerprint density at radius 1 is 0.690 bits per heavy atom. The van der Waals surface area contributed by atoms with Crippen molar-refractivity contribution in [2.24, 2.45) is 5.73 Å². The van der Waals surface area contributed by atoms with Crippen molar-refractivity contribution in [1.82, 2.24) is 49.7 Å². The normalized spacial score (nSPS) is 15.9. The molecule has 0 radical (unpaired) electrons. The number of amides is 1. The molecule has 8 aromatic rings. The van der Waals surface area contributed by atoms with Gasteiger partial charge in [0.25, 0.3) is 0 Å². The number of carboxylic acids is 1. The summed E-state index contributed by atoms with van der Waals surface area (Å²) in [4.78, 5) is 40.7. The Balaban J connectivity index is 0.000000170. The number of likely N-dealkylation sites (tertiary alicyclic amines) is 1. The Bertz CT molecular complexity index is 3090. The third kappa shape index (κ3) is 11.9. The first-order valence-corrected chi connectivity index (χ1v) is 22.7. The summed E-state index contributed by atoms with van der Waals surface area (Å²) in [5.41, 5.74) is 22.8. The fourth-order valence-corrected chi connectivity index (χ4v) is 8.19. The van der Waals surface area contributed by atoms with Gasteiger partial charge in [-0.2, -0.15) is 23.4 Å². The van der Waals surface area contributed by atoms with Gasteiger partial charge in [-0.15, -0.1) is 0 Å². The number of nitrogen functional groups attached to an aromatic ring is 2. The number of piperidine rings is 2. The Morgan fingerprint density at radius 2 is 1.15 bits per heavy atom. The molecular weight excluding hydrogens is 920 g/mol. The summed E-state index contributed by atoms with van der Waals surface area (Å²) < 4.78 is 47.4. The second-order valence-corrected chi connectivity index (χ2v) is 16.4. The van der Waals surface area contributed by atoms with Crippen LogP contribution in [0.25, 0.3) is 44.6 Å². The molecule has 0 aliphatic carbocycles. The van der Waals surface area contributed by atoms with Gasteiger partial charge in [0, 0.05) is 43.4 Å². The van der Waals surface area contributed by atoms with Crippen molar-refractivity contribution >= 4 is 45.6 Å². The van der Waals surface area contributed by atoms with E-state index in [1.807, 2.05) is 123 Å². The summed E-state index contributed by atoms with van der Waals surface area (Å²) in [5.74, 6) is 1.08. The highest BCUT2D eigenvalue weighted by Gasteiger charge is 2.38. The summed E-state index contributed by atoms with van der Waals surface area (Å²) in [6, 6.07) is 35.2. The molecule has 0 spiro atoms. The van der Waals surface area contributed by atoms with Crippen LogP contribution >= 0.6 is 0 Å². The minimum Gasteiger partial charge on any atom is -0.475 e. The first kappa shape index (κ1) is 49.0. The largest absolute Gasteiger partial charge is 0.490 e. The van der Waals surface area contributed by atoms with E-state index in [9.17, 15) is 18.0 Å². The van der Waals surface area contributed by atoms with Gasteiger partial charge in [0.2, 0.25) is 5.91 Å². The topological polar surface area (TPSA) is 253 Å². The molecule has 4 aromatic heterocycles. The molecule has 1 amide bonds. The fourth-order valence-electron chi connectivity index (χ4n) is 8.19. The zero-order valence-electron chi connectivity index (χ0n) is 38.2. The van der Waals surface area contributed by atoms with E-state index in [1.165, 1.54) is 18.7 Å². The molecule has 2 fully saturated rings. The molecule has 2 aliphatic rings. The van der Waals surface area contributed by atoms with Crippen LogP contribution in [0, 0.1) is 0 Å². The van der Waals surface area contributed by atoms with E-state index in [2.05, 4.69) is 25.3 Å². The van der Waals surface area contributed by atoms with Gasteiger partial charge in [0.1, 0.15) is 58.7 Å². The predicted octanol–water partition coefficient (Wildman–Crippen LogP) is 7.97. The lowest BCUT2D eigenvalue weighted by molar-refractivity contribution is -0.192. The van der Waals surface area contributed by atoms with Crippen LogP contribution in [-0.4, -0.2) is 100 Å². The fraction of sp³-hybridized carbons (Fsp3) is 0.240. The zero-order chi connectivity index (χ0) is 49.9. The number of carbonyl (C=O) groups excluding carboxylic acids is 1. The molecule has 6 heterocycles. The summed E-state index contributed by atoms with van der Waals surface area (Å²) in [5, 5.41) is 21.9. The SMILES string of the molecule is NC/C=C/C(=O)N1CCC[C@@H](n2nc(-c3ccc(Oc4ccccc4)cc3)c3c(N)ncnc32)C1.Nc1ncnc2c1c(-c1ccc(Oc3ccccc3)cc1)nn2[C@@H]1CCCNC1.O=C(O)C(F)(F)F. The van der Waals surface area contributed by atoms with E-state index in [4.69, 9.17) is 46.8 Å². The number of para-hydroxylation sites is 2. The van der Waals surface area contributed by atoms with Crippen LogP contribution < -0.4 is 32.0 Å². The van der Waals surface area contributed by atoms with Crippen molar-refractivity contribution in [2.75, 3.05) is 44.2 Å². The number of halogens is 3. The van der Waals surface area contributed by atoms with Gasteiger partial charge in [0.05, 0.1) is 22.9 Å². The summed E-state index contributed by atoms with van der Waals surface area (Å²) >= 11 is 0. The number of nitrogens with zero attached hydrogens (tertiary/aromatic N) is 9. The lowest BCUT2D eigenvalue weighted by atomic mass is 10.1. The van der Waals surface area contributed by atoms with E-state index in [1.54, 1.807) is 6.08 Å². The van der Waals surface area contributed by atoms with Crippen LogP contribution in [0.1, 0.15) is 37.8 Å². The van der Waals surface area contributed by atoms with Crippen molar-refractivity contribution in [2.45, 2.75) is 43.9 Å². The second-order valence-electron chi connectivity index (χ2n) is 16.4. The average molecular weight is 970 g/mol. The number of hydrogen-bond acceptors (Lipinski definition) is 14. The molecule has 366 valence electrons. The number of ether oxygens (including phenoxy) is 2. The number of aliphatic carboxylic acids is 1. The minimum absolute atomic E-state index is 0.0230. The van der Waals surface area contributed by atoms with E-state index in [0.717, 1.165) is 89.6 Å². The molecule has 0 saturated carbocycles. The molecule has 8 N–H and O–H groups in total. The van der Waals surface area contributed by atoms with Crippen molar-refractivity contribution in [3.05, 3.63) is 134 Å². The van der Waals surface area contributed by atoms with Crippen LogP contribution in [-0.2, 0) is 9.59 Å². The highest BCUT2D eigenvalue weighted by atomic mass is 19.4. The van der Waals surface area contributed by atoms with E-state index >= 15 is 0 Å². The van der Waals surface area contributed by atoms with E-state index in [0.29, 0.717) is 48.0 Å². The molecule has 2 aliphatic heterocycles. The smallest absolute Gasteiger partial charge is 0.475 e. The van der Waals surface area contributed by atoms with Gasteiger partial charge in [0.15, 0.2) is 11.3 Å². The molecule has 2 atom stereocenters. The quantitative estimate of drug-likeness (QED) is 0.0815. The first-order valence-electron chi connectivity index (χ1n) is 22.7. The highest BCUT2D eigenvalue weighted by Crippen LogP contribution is 2.36. The molecule has 0 bridgehead atoms. The molecular formula is C50H50F3N13O5. The molecule has 0 unspecified atom stereocenters. The van der Waals surface area contributed by atoms with Crippen LogP contribution in [0.15, 0.2) is 134 Å². The molecule has 18 nitrogen and oxygen atoms in total. The van der Waals surface area contributed by atoms with Gasteiger partial charge >= 0.3 is 12.1 Å². The Morgan fingerprint density at radius 3 is 1.61 bits per heavy atom. The highest BCUT2D eigenvalue weighted by molar-refractivity contribution is 5.99. The Kier molecular flexibility index (Phi) is 15.4. The lowest BCUT2D eigenvalue weighted by Crippen LogP contribution is -2.40. The van der Waals surface area contributed by atoms with Crippen molar-refractivity contribution < 1.29 is 37.3 Å². The van der Waals surface area contributed by atoms with Gasteiger partial charge in [-0.25, -0.2) is 34.1 Å². The number of alkyl halides is 3. The van der Waals surface area contributed by atoms with Crippen molar-refractivity contribution in [1.29, 1.82) is 0 Å². The Labute approximate surface area is 404 Å².